The van der Waals surface area contributed by atoms with Crippen LogP contribution in [0.5, 0.6) is 5.75 Å². The minimum absolute atomic E-state index is 0.0156. The molecule has 2 saturated heterocycles. The molecule has 0 radical (unpaired) electrons. The van der Waals surface area contributed by atoms with Gasteiger partial charge in [0.05, 0.1) is 7.11 Å². The van der Waals surface area contributed by atoms with Crippen molar-refractivity contribution in [1.82, 2.24) is 10.2 Å². The van der Waals surface area contributed by atoms with Crippen LogP contribution in [0, 0.1) is 11.8 Å². The van der Waals surface area contributed by atoms with Crippen LogP contribution in [0.2, 0.25) is 0 Å². The summed E-state index contributed by atoms with van der Waals surface area (Å²) in [6.07, 6.45) is 2.74. The molecule has 2 aliphatic heterocycles. The average Bonchev–Trinajstić information content (AvgIpc) is 2.97. The van der Waals surface area contributed by atoms with Crippen molar-refractivity contribution in [2.75, 3.05) is 33.3 Å². The average molecular weight is 330 g/mol. The number of methoxy groups -OCH3 is 1. The van der Waals surface area contributed by atoms with Crippen molar-refractivity contribution in [3.05, 3.63) is 29.8 Å². The van der Waals surface area contributed by atoms with Crippen molar-refractivity contribution in [1.29, 1.82) is 0 Å². The van der Waals surface area contributed by atoms with Gasteiger partial charge in [0, 0.05) is 31.5 Å². The lowest BCUT2D eigenvalue weighted by Gasteiger charge is -2.20. The zero-order chi connectivity index (χ0) is 16.9. The summed E-state index contributed by atoms with van der Waals surface area (Å²) >= 11 is 0. The first-order chi connectivity index (χ1) is 11.7. The summed E-state index contributed by atoms with van der Waals surface area (Å²) in [6.45, 7) is 3.84. The molecule has 1 aromatic carbocycles. The van der Waals surface area contributed by atoms with Crippen LogP contribution in [0.15, 0.2) is 24.3 Å². The maximum atomic E-state index is 12.4. The summed E-state index contributed by atoms with van der Waals surface area (Å²) in [5.41, 5.74) is 0.639. The van der Waals surface area contributed by atoms with Crippen LogP contribution in [-0.2, 0) is 4.79 Å². The number of nitrogens with one attached hydrogen (secondary N) is 1. The van der Waals surface area contributed by atoms with Crippen LogP contribution in [0.4, 0.5) is 0 Å². The van der Waals surface area contributed by atoms with E-state index in [1.54, 1.807) is 31.4 Å². The van der Waals surface area contributed by atoms with Gasteiger partial charge in [0.15, 0.2) is 5.78 Å². The van der Waals surface area contributed by atoms with E-state index in [0.29, 0.717) is 23.8 Å². The minimum Gasteiger partial charge on any atom is -0.497 e. The number of carbonyl (C=O) groups excluding carboxylic acids is 2. The van der Waals surface area contributed by atoms with Gasteiger partial charge in [-0.2, -0.15) is 0 Å². The van der Waals surface area contributed by atoms with Crippen molar-refractivity contribution in [2.45, 2.75) is 25.7 Å². The Morgan fingerprint density at radius 2 is 1.71 bits per heavy atom. The van der Waals surface area contributed by atoms with Gasteiger partial charge < -0.3 is 15.0 Å². The number of rotatable bonds is 5. The second-order valence-electron chi connectivity index (χ2n) is 6.79. The molecule has 0 aromatic heterocycles. The largest absolute Gasteiger partial charge is 0.497 e. The first-order valence-corrected chi connectivity index (χ1v) is 8.83. The quantitative estimate of drug-likeness (QED) is 0.840. The standard InChI is InChI=1S/C19H26N2O3/c1-24-17-4-2-14(3-5-17)18(22)6-7-19(23)21-10-8-15-12-20-13-16(15)9-11-21/h2-5,15-16,20H,6-13H2,1H3/t15-,16+. The van der Waals surface area contributed by atoms with E-state index in [4.69, 9.17) is 4.74 Å². The number of likely N-dealkylation sites (tertiary alicyclic amines) is 1. The third-order valence-electron chi connectivity index (χ3n) is 5.35. The Labute approximate surface area is 143 Å². The van der Waals surface area contributed by atoms with Crippen molar-refractivity contribution in [3.8, 4) is 5.75 Å². The van der Waals surface area contributed by atoms with Gasteiger partial charge in [-0.05, 0) is 62.0 Å². The van der Waals surface area contributed by atoms with Gasteiger partial charge in [0.2, 0.25) is 5.91 Å². The Balaban J connectivity index is 1.48. The summed E-state index contributed by atoms with van der Waals surface area (Å²) in [7, 11) is 1.60. The number of amides is 1. The van der Waals surface area contributed by atoms with Gasteiger partial charge in [0.25, 0.3) is 0 Å². The van der Waals surface area contributed by atoms with Gasteiger partial charge in [-0.15, -0.1) is 0 Å². The molecule has 0 saturated carbocycles. The monoisotopic (exact) mass is 330 g/mol. The number of carbonyl (C=O) groups is 2. The number of hydrogen-bond acceptors (Lipinski definition) is 4. The Morgan fingerprint density at radius 1 is 1.08 bits per heavy atom. The van der Waals surface area contributed by atoms with Crippen LogP contribution < -0.4 is 10.1 Å². The van der Waals surface area contributed by atoms with Gasteiger partial charge in [-0.25, -0.2) is 0 Å². The van der Waals surface area contributed by atoms with Crippen molar-refractivity contribution >= 4 is 11.7 Å². The van der Waals surface area contributed by atoms with E-state index in [-0.39, 0.29) is 18.1 Å². The predicted octanol–water partition coefficient (Wildman–Crippen LogP) is 2.12. The van der Waals surface area contributed by atoms with E-state index in [9.17, 15) is 9.59 Å². The summed E-state index contributed by atoms with van der Waals surface area (Å²) in [5.74, 6) is 2.28. The first-order valence-electron chi connectivity index (χ1n) is 8.83. The molecule has 0 aliphatic carbocycles. The van der Waals surface area contributed by atoms with Crippen LogP contribution in [0.25, 0.3) is 0 Å². The number of ketones is 1. The molecule has 1 aromatic rings. The number of Topliss-reactive ketones (excluding diaryl/α,β-unsaturated/α-hetero) is 1. The third kappa shape index (κ3) is 3.96. The summed E-state index contributed by atoms with van der Waals surface area (Å²) in [4.78, 5) is 26.6. The molecule has 2 aliphatic rings. The molecule has 0 bridgehead atoms. The molecule has 1 N–H and O–H groups in total. The van der Waals surface area contributed by atoms with Crippen molar-refractivity contribution in [3.63, 3.8) is 0 Å². The topological polar surface area (TPSA) is 58.6 Å². The van der Waals surface area contributed by atoms with Crippen LogP contribution in [0.1, 0.15) is 36.0 Å². The first kappa shape index (κ1) is 17.0. The van der Waals surface area contributed by atoms with E-state index >= 15 is 0 Å². The van der Waals surface area contributed by atoms with Crippen molar-refractivity contribution in [2.24, 2.45) is 11.8 Å². The third-order valence-corrected chi connectivity index (χ3v) is 5.35. The molecule has 130 valence electrons. The molecule has 5 heteroatoms. The lowest BCUT2D eigenvalue weighted by Crippen LogP contribution is -2.32. The van der Waals surface area contributed by atoms with Crippen LogP contribution in [0.3, 0.4) is 0 Å². The number of nitrogens with zero attached hydrogens (tertiary/aromatic N) is 1. The van der Waals surface area contributed by atoms with Gasteiger partial charge in [-0.1, -0.05) is 0 Å². The molecule has 3 rings (SSSR count). The molecule has 2 atom stereocenters. The zero-order valence-electron chi connectivity index (χ0n) is 14.3. The SMILES string of the molecule is COc1ccc(C(=O)CCC(=O)N2CC[C@@H]3CNC[C@@H]3CC2)cc1. The highest BCUT2D eigenvalue weighted by Gasteiger charge is 2.31. The normalized spacial score (nSPS) is 23.5. The summed E-state index contributed by atoms with van der Waals surface area (Å²) in [6, 6.07) is 7.06. The lowest BCUT2D eigenvalue weighted by atomic mass is 9.92. The Bertz CT molecular complexity index is 571. The fourth-order valence-electron chi connectivity index (χ4n) is 3.77. The van der Waals surface area contributed by atoms with Gasteiger partial charge >= 0.3 is 0 Å². The van der Waals surface area contributed by atoms with Gasteiger partial charge in [0.1, 0.15) is 5.75 Å². The van der Waals surface area contributed by atoms with E-state index < -0.39 is 0 Å². The highest BCUT2D eigenvalue weighted by molar-refractivity contribution is 5.98. The number of ether oxygens (including phenoxy) is 1. The highest BCUT2D eigenvalue weighted by Crippen LogP contribution is 2.27. The van der Waals surface area contributed by atoms with Crippen LogP contribution in [-0.4, -0.2) is 49.9 Å². The van der Waals surface area contributed by atoms with E-state index in [2.05, 4.69) is 5.32 Å². The molecular formula is C19H26N2O3. The zero-order valence-corrected chi connectivity index (χ0v) is 14.3. The molecule has 2 fully saturated rings. The Hall–Kier alpha value is -1.88. The predicted molar refractivity (Wildman–Crippen MR) is 92.2 cm³/mol. The summed E-state index contributed by atoms with van der Waals surface area (Å²) in [5, 5.41) is 3.45. The highest BCUT2D eigenvalue weighted by atomic mass is 16.5. The molecule has 0 unspecified atom stereocenters. The van der Waals surface area contributed by atoms with Crippen LogP contribution >= 0.6 is 0 Å². The molecule has 5 nitrogen and oxygen atoms in total. The van der Waals surface area contributed by atoms with E-state index in [1.165, 1.54) is 0 Å². The van der Waals surface area contributed by atoms with Crippen molar-refractivity contribution < 1.29 is 14.3 Å². The Morgan fingerprint density at radius 3 is 2.29 bits per heavy atom. The molecule has 24 heavy (non-hydrogen) atoms. The van der Waals surface area contributed by atoms with Gasteiger partial charge in [-0.3, -0.25) is 9.59 Å². The second-order valence-corrected chi connectivity index (χ2v) is 6.79. The fraction of sp³-hybridized carbons (Fsp3) is 0.579. The molecule has 2 heterocycles. The number of hydrogen-bond donors (Lipinski definition) is 1. The molecular weight excluding hydrogens is 304 g/mol. The minimum atomic E-state index is 0.0156. The van der Waals surface area contributed by atoms with E-state index in [0.717, 1.165) is 44.8 Å². The summed E-state index contributed by atoms with van der Waals surface area (Å²) < 4.78 is 5.09. The smallest absolute Gasteiger partial charge is 0.223 e. The number of benzene rings is 1. The maximum absolute atomic E-state index is 12.4. The second kappa shape index (κ2) is 7.79. The number of fused-ring (bicyclic) bond motifs is 1. The molecule has 0 spiro atoms. The fourth-order valence-corrected chi connectivity index (χ4v) is 3.77. The lowest BCUT2D eigenvalue weighted by molar-refractivity contribution is -0.131. The maximum Gasteiger partial charge on any atom is 0.223 e. The Kier molecular flexibility index (Phi) is 5.51. The van der Waals surface area contributed by atoms with E-state index in [1.807, 2.05) is 4.90 Å². The molecule has 1 amide bonds.